The Morgan fingerprint density at radius 1 is 1.12 bits per heavy atom. The van der Waals surface area contributed by atoms with E-state index in [1.54, 1.807) is 13.2 Å². The highest BCUT2D eigenvalue weighted by molar-refractivity contribution is 5.77. The average Bonchev–Trinajstić information content (AvgIpc) is 2.69. The fourth-order valence-electron chi connectivity index (χ4n) is 3.17. The molecule has 2 aromatic rings. The van der Waals surface area contributed by atoms with Gasteiger partial charge in [-0.05, 0) is 36.1 Å². The molecule has 0 saturated heterocycles. The standard InChI is InChI=1S/C21H26N2O3/c1-25-19-8-4-9-20(14-19)26-16-21(24)22-11-5-12-23-13-10-17-6-2-3-7-18(17)15-23/h2-4,6-9,14H,5,10-13,15-16H2,1H3,(H,22,24). The van der Waals surface area contributed by atoms with Gasteiger partial charge < -0.3 is 14.8 Å². The third kappa shape index (κ3) is 5.23. The van der Waals surface area contributed by atoms with Gasteiger partial charge >= 0.3 is 0 Å². The van der Waals surface area contributed by atoms with Gasteiger partial charge in [-0.1, -0.05) is 30.3 Å². The normalized spacial score (nSPS) is 13.7. The first-order valence-corrected chi connectivity index (χ1v) is 9.07. The van der Waals surface area contributed by atoms with E-state index < -0.39 is 0 Å². The van der Waals surface area contributed by atoms with Crippen molar-refractivity contribution in [1.29, 1.82) is 0 Å². The summed E-state index contributed by atoms with van der Waals surface area (Å²) in [7, 11) is 1.60. The summed E-state index contributed by atoms with van der Waals surface area (Å²) < 4.78 is 10.6. The molecule has 3 rings (SSSR count). The number of fused-ring (bicyclic) bond motifs is 1. The van der Waals surface area contributed by atoms with E-state index in [2.05, 4.69) is 34.5 Å². The molecule has 0 fully saturated rings. The molecule has 0 aromatic heterocycles. The highest BCUT2D eigenvalue weighted by atomic mass is 16.5. The lowest BCUT2D eigenvalue weighted by atomic mass is 10.00. The van der Waals surface area contributed by atoms with E-state index >= 15 is 0 Å². The molecule has 1 N–H and O–H groups in total. The maximum absolute atomic E-state index is 11.9. The Kier molecular flexibility index (Phi) is 6.50. The van der Waals surface area contributed by atoms with Gasteiger partial charge in [0.15, 0.2) is 6.61 Å². The van der Waals surface area contributed by atoms with Crippen molar-refractivity contribution in [3.05, 3.63) is 59.7 Å². The van der Waals surface area contributed by atoms with Crippen molar-refractivity contribution in [2.45, 2.75) is 19.4 Å². The molecule has 2 aromatic carbocycles. The maximum atomic E-state index is 11.9. The molecule has 0 radical (unpaired) electrons. The van der Waals surface area contributed by atoms with E-state index in [4.69, 9.17) is 9.47 Å². The molecule has 1 amide bonds. The zero-order valence-electron chi connectivity index (χ0n) is 15.2. The zero-order valence-corrected chi connectivity index (χ0v) is 15.2. The number of ether oxygens (including phenoxy) is 2. The van der Waals surface area contributed by atoms with Gasteiger partial charge in [0, 0.05) is 32.2 Å². The van der Waals surface area contributed by atoms with Crippen LogP contribution in [0.25, 0.3) is 0 Å². The van der Waals surface area contributed by atoms with Crippen LogP contribution in [-0.4, -0.2) is 44.2 Å². The molecule has 1 heterocycles. The van der Waals surface area contributed by atoms with Gasteiger partial charge in [0.25, 0.3) is 5.91 Å². The predicted octanol–water partition coefficient (Wildman–Crippen LogP) is 2.64. The first kappa shape index (κ1) is 18.3. The number of methoxy groups -OCH3 is 1. The lowest BCUT2D eigenvalue weighted by molar-refractivity contribution is -0.123. The molecule has 0 atom stereocenters. The SMILES string of the molecule is COc1cccc(OCC(=O)NCCCN2CCc3ccccc3C2)c1. The van der Waals surface area contributed by atoms with Gasteiger partial charge in [-0.15, -0.1) is 0 Å². The number of hydrogen-bond acceptors (Lipinski definition) is 4. The van der Waals surface area contributed by atoms with E-state index in [9.17, 15) is 4.79 Å². The molecular weight excluding hydrogens is 328 g/mol. The van der Waals surface area contributed by atoms with Crippen LogP contribution in [0.3, 0.4) is 0 Å². The molecule has 0 unspecified atom stereocenters. The van der Waals surface area contributed by atoms with Crippen LogP contribution in [0, 0.1) is 0 Å². The average molecular weight is 354 g/mol. The lowest BCUT2D eigenvalue weighted by Gasteiger charge is -2.28. The minimum atomic E-state index is -0.100. The highest BCUT2D eigenvalue weighted by Crippen LogP contribution is 2.19. The van der Waals surface area contributed by atoms with Crippen molar-refractivity contribution in [3.63, 3.8) is 0 Å². The first-order valence-electron chi connectivity index (χ1n) is 9.07. The summed E-state index contributed by atoms with van der Waals surface area (Å²) in [6, 6.07) is 15.9. The summed E-state index contributed by atoms with van der Waals surface area (Å²) >= 11 is 0. The Bertz CT molecular complexity index is 733. The molecule has 1 aliphatic heterocycles. The van der Waals surface area contributed by atoms with Crippen LogP contribution in [-0.2, 0) is 17.8 Å². The number of carbonyl (C=O) groups excluding carboxylic acids is 1. The molecule has 0 aliphatic carbocycles. The third-order valence-electron chi connectivity index (χ3n) is 4.59. The number of amides is 1. The molecule has 0 saturated carbocycles. The second-order valence-corrected chi connectivity index (χ2v) is 6.47. The van der Waals surface area contributed by atoms with E-state index in [0.29, 0.717) is 18.0 Å². The van der Waals surface area contributed by atoms with Crippen molar-refractivity contribution < 1.29 is 14.3 Å². The Morgan fingerprint density at radius 3 is 2.77 bits per heavy atom. The lowest BCUT2D eigenvalue weighted by Crippen LogP contribution is -2.34. The van der Waals surface area contributed by atoms with Gasteiger partial charge in [-0.2, -0.15) is 0 Å². The largest absolute Gasteiger partial charge is 0.497 e. The van der Waals surface area contributed by atoms with Crippen LogP contribution in [0.1, 0.15) is 17.5 Å². The fraction of sp³-hybridized carbons (Fsp3) is 0.381. The van der Waals surface area contributed by atoms with Crippen molar-refractivity contribution in [2.75, 3.05) is 33.4 Å². The van der Waals surface area contributed by atoms with Gasteiger partial charge in [0.05, 0.1) is 7.11 Å². The number of benzene rings is 2. The van der Waals surface area contributed by atoms with Crippen LogP contribution in [0.4, 0.5) is 0 Å². The molecule has 5 nitrogen and oxygen atoms in total. The molecule has 0 spiro atoms. The second-order valence-electron chi connectivity index (χ2n) is 6.47. The number of hydrogen-bond donors (Lipinski definition) is 1. The summed E-state index contributed by atoms with van der Waals surface area (Å²) in [4.78, 5) is 14.4. The predicted molar refractivity (Wildman–Crippen MR) is 102 cm³/mol. The smallest absolute Gasteiger partial charge is 0.257 e. The number of rotatable bonds is 8. The Balaban J connectivity index is 1.32. The summed E-state index contributed by atoms with van der Waals surface area (Å²) in [5.74, 6) is 1.24. The topological polar surface area (TPSA) is 50.8 Å². The summed E-state index contributed by atoms with van der Waals surface area (Å²) in [6.45, 7) is 3.76. The van der Waals surface area contributed by atoms with Gasteiger partial charge in [0.1, 0.15) is 11.5 Å². The first-order chi connectivity index (χ1) is 12.7. The van der Waals surface area contributed by atoms with Crippen molar-refractivity contribution in [3.8, 4) is 11.5 Å². The van der Waals surface area contributed by atoms with Gasteiger partial charge in [-0.25, -0.2) is 0 Å². The third-order valence-corrected chi connectivity index (χ3v) is 4.59. The molecular formula is C21H26N2O3. The maximum Gasteiger partial charge on any atom is 0.257 e. The van der Waals surface area contributed by atoms with Crippen LogP contribution in [0.15, 0.2) is 48.5 Å². The molecule has 138 valence electrons. The van der Waals surface area contributed by atoms with Crippen molar-refractivity contribution in [1.82, 2.24) is 10.2 Å². The fourth-order valence-corrected chi connectivity index (χ4v) is 3.17. The van der Waals surface area contributed by atoms with E-state index in [1.165, 1.54) is 11.1 Å². The highest BCUT2D eigenvalue weighted by Gasteiger charge is 2.14. The molecule has 0 bridgehead atoms. The molecule has 26 heavy (non-hydrogen) atoms. The number of carbonyl (C=O) groups is 1. The van der Waals surface area contributed by atoms with Crippen LogP contribution in [0.2, 0.25) is 0 Å². The molecule has 1 aliphatic rings. The molecule has 5 heteroatoms. The quantitative estimate of drug-likeness (QED) is 0.741. The second kappa shape index (κ2) is 9.25. The van der Waals surface area contributed by atoms with Gasteiger partial charge in [0.2, 0.25) is 0 Å². The summed E-state index contributed by atoms with van der Waals surface area (Å²) in [6.07, 6.45) is 2.05. The van der Waals surface area contributed by atoms with Crippen LogP contribution >= 0.6 is 0 Å². The Labute approximate surface area is 154 Å². The van der Waals surface area contributed by atoms with Gasteiger partial charge in [-0.3, -0.25) is 9.69 Å². The van der Waals surface area contributed by atoms with Crippen molar-refractivity contribution >= 4 is 5.91 Å². The Hall–Kier alpha value is -2.53. The zero-order chi connectivity index (χ0) is 18.2. The van der Waals surface area contributed by atoms with E-state index in [-0.39, 0.29) is 12.5 Å². The van der Waals surface area contributed by atoms with E-state index in [1.807, 2.05) is 18.2 Å². The van der Waals surface area contributed by atoms with Crippen LogP contribution in [0.5, 0.6) is 11.5 Å². The number of nitrogens with one attached hydrogen (secondary N) is 1. The van der Waals surface area contributed by atoms with Crippen LogP contribution < -0.4 is 14.8 Å². The van der Waals surface area contributed by atoms with E-state index in [0.717, 1.165) is 32.5 Å². The number of nitrogens with zero attached hydrogens (tertiary/aromatic N) is 1. The minimum Gasteiger partial charge on any atom is -0.497 e. The monoisotopic (exact) mass is 354 g/mol. The summed E-state index contributed by atoms with van der Waals surface area (Å²) in [5, 5.41) is 2.92. The summed E-state index contributed by atoms with van der Waals surface area (Å²) in [5.41, 5.74) is 2.89. The Morgan fingerprint density at radius 2 is 1.92 bits per heavy atom. The van der Waals surface area contributed by atoms with Crippen molar-refractivity contribution in [2.24, 2.45) is 0 Å². The minimum absolute atomic E-state index is 0.0181.